The summed E-state index contributed by atoms with van der Waals surface area (Å²) < 4.78 is 0. The van der Waals surface area contributed by atoms with Crippen molar-refractivity contribution in [3.63, 3.8) is 0 Å². The van der Waals surface area contributed by atoms with Gasteiger partial charge in [-0.1, -0.05) is 19.8 Å². The smallest absolute Gasteiger partial charge is 0.255 e. The van der Waals surface area contributed by atoms with Crippen LogP contribution in [0.2, 0.25) is 0 Å². The molecule has 1 aliphatic rings. The monoisotopic (exact) mass is 275 g/mol. The van der Waals surface area contributed by atoms with Gasteiger partial charge in [-0.2, -0.15) is 0 Å². The molecule has 0 spiro atoms. The van der Waals surface area contributed by atoms with Gasteiger partial charge >= 0.3 is 0 Å². The second-order valence-electron chi connectivity index (χ2n) is 5.89. The molecular weight excluding hydrogens is 250 g/mol. The van der Waals surface area contributed by atoms with E-state index in [9.17, 15) is 4.79 Å². The van der Waals surface area contributed by atoms with Gasteiger partial charge in [-0.3, -0.25) is 9.78 Å². The molecule has 1 aliphatic carbocycles. The van der Waals surface area contributed by atoms with E-state index in [0.717, 1.165) is 24.5 Å². The van der Waals surface area contributed by atoms with Gasteiger partial charge in [0.2, 0.25) is 0 Å². The maximum Gasteiger partial charge on any atom is 0.255 e. The van der Waals surface area contributed by atoms with Gasteiger partial charge in [0.05, 0.1) is 5.56 Å². The summed E-state index contributed by atoms with van der Waals surface area (Å²) >= 11 is 0. The van der Waals surface area contributed by atoms with E-state index < -0.39 is 0 Å². The molecule has 1 aromatic heterocycles. The number of nitrogens with one attached hydrogen (secondary N) is 1. The van der Waals surface area contributed by atoms with E-state index in [2.05, 4.69) is 17.2 Å². The summed E-state index contributed by atoms with van der Waals surface area (Å²) in [6.07, 6.45) is 8.75. The van der Waals surface area contributed by atoms with Crippen molar-refractivity contribution in [3.05, 3.63) is 23.5 Å². The Morgan fingerprint density at radius 1 is 1.40 bits per heavy atom. The first kappa shape index (κ1) is 14.8. The quantitative estimate of drug-likeness (QED) is 0.887. The first-order valence-electron chi connectivity index (χ1n) is 7.63. The summed E-state index contributed by atoms with van der Waals surface area (Å²) in [6.45, 7) is 4.11. The Morgan fingerprint density at radius 2 is 2.10 bits per heavy atom. The summed E-state index contributed by atoms with van der Waals surface area (Å²) in [7, 11) is 0. The predicted octanol–water partition coefficient (Wildman–Crippen LogP) is 3.06. The number of hydrogen-bond donors (Lipinski definition) is 2. The van der Waals surface area contributed by atoms with Crippen LogP contribution in [0.15, 0.2) is 12.3 Å². The number of aryl methyl sites for hydroxylation is 1. The molecule has 4 nitrogen and oxygen atoms in total. The Kier molecular flexibility index (Phi) is 4.99. The molecule has 0 atom stereocenters. The minimum atomic E-state index is -0.0889. The molecule has 1 saturated carbocycles. The van der Waals surface area contributed by atoms with E-state index in [1.807, 2.05) is 6.92 Å². The predicted molar refractivity (Wildman–Crippen MR) is 81.5 cm³/mol. The number of nitrogen functional groups attached to an aromatic ring is 1. The Labute approximate surface area is 121 Å². The summed E-state index contributed by atoms with van der Waals surface area (Å²) in [5.74, 6) is 0.758. The number of amides is 1. The first-order valence-corrected chi connectivity index (χ1v) is 7.63. The van der Waals surface area contributed by atoms with Gasteiger partial charge in [0.15, 0.2) is 0 Å². The fraction of sp³-hybridized carbons (Fsp3) is 0.625. The van der Waals surface area contributed by atoms with E-state index in [4.69, 9.17) is 5.73 Å². The number of carbonyl (C=O) groups excluding carboxylic acids is 1. The van der Waals surface area contributed by atoms with Crippen LogP contribution >= 0.6 is 0 Å². The van der Waals surface area contributed by atoms with Crippen LogP contribution in [0.4, 0.5) is 5.69 Å². The summed E-state index contributed by atoms with van der Waals surface area (Å²) in [4.78, 5) is 16.4. The maximum atomic E-state index is 12.2. The highest BCUT2D eigenvalue weighted by atomic mass is 16.1. The molecule has 1 amide bonds. The molecule has 1 heterocycles. The van der Waals surface area contributed by atoms with Crippen molar-refractivity contribution in [3.8, 4) is 0 Å². The molecular formula is C16H25N3O. The molecule has 0 aromatic carbocycles. The van der Waals surface area contributed by atoms with E-state index in [0.29, 0.717) is 11.3 Å². The van der Waals surface area contributed by atoms with Crippen LogP contribution in [-0.4, -0.2) is 16.9 Å². The summed E-state index contributed by atoms with van der Waals surface area (Å²) in [5, 5.41) is 3.10. The number of aromatic nitrogens is 1. The molecule has 3 N–H and O–H groups in total. The standard InChI is InChI=1S/C16H25N3O/c1-3-4-12-5-7-13(8-6-12)19-16(20)14-10-18-11(2)9-15(14)17/h9-10,12-13H,3-8H2,1-2H3,(H2,17,18)(H,19,20). The third-order valence-corrected chi connectivity index (χ3v) is 4.20. The van der Waals surface area contributed by atoms with Crippen molar-refractivity contribution in [1.82, 2.24) is 10.3 Å². The lowest BCUT2D eigenvalue weighted by molar-refractivity contribution is 0.0921. The summed E-state index contributed by atoms with van der Waals surface area (Å²) in [6, 6.07) is 2.03. The number of nitrogens with two attached hydrogens (primary N) is 1. The number of carbonyl (C=O) groups is 1. The van der Waals surface area contributed by atoms with E-state index in [1.165, 1.54) is 25.7 Å². The third-order valence-electron chi connectivity index (χ3n) is 4.20. The van der Waals surface area contributed by atoms with Gasteiger partial charge in [-0.15, -0.1) is 0 Å². The maximum absolute atomic E-state index is 12.2. The number of pyridine rings is 1. The van der Waals surface area contributed by atoms with Crippen LogP contribution < -0.4 is 11.1 Å². The van der Waals surface area contributed by atoms with Gasteiger partial charge in [0.25, 0.3) is 5.91 Å². The molecule has 110 valence electrons. The average molecular weight is 275 g/mol. The fourth-order valence-corrected chi connectivity index (χ4v) is 3.04. The average Bonchev–Trinajstić information content (AvgIpc) is 2.41. The highest BCUT2D eigenvalue weighted by Crippen LogP contribution is 2.28. The van der Waals surface area contributed by atoms with Crippen molar-refractivity contribution < 1.29 is 4.79 Å². The van der Waals surface area contributed by atoms with Gasteiger partial charge in [-0.25, -0.2) is 0 Å². The zero-order valence-electron chi connectivity index (χ0n) is 12.5. The summed E-state index contributed by atoms with van der Waals surface area (Å²) in [5.41, 5.74) is 7.72. The van der Waals surface area contributed by atoms with E-state index in [-0.39, 0.29) is 11.9 Å². The van der Waals surface area contributed by atoms with Crippen molar-refractivity contribution >= 4 is 11.6 Å². The minimum absolute atomic E-state index is 0.0889. The molecule has 2 rings (SSSR count). The van der Waals surface area contributed by atoms with Gasteiger partial charge in [0.1, 0.15) is 0 Å². The van der Waals surface area contributed by atoms with Crippen LogP contribution in [0.5, 0.6) is 0 Å². The highest BCUT2D eigenvalue weighted by molar-refractivity contribution is 5.98. The van der Waals surface area contributed by atoms with Crippen LogP contribution in [0.3, 0.4) is 0 Å². The normalized spacial score (nSPS) is 22.5. The number of rotatable bonds is 4. The van der Waals surface area contributed by atoms with Gasteiger partial charge in [-0.05, 0) is 44.6 Å². The van der Waals surface area contributed by atoms with E-state index >= 15 is 0 Å². The molecule has 0 unspecified atom stereocenters. The molecule has 0 radical (unpaired) electrons. The number of nitrogens with zero attached hydrogens (tertiary/aromatic N) is 1. The van der Waals surface area contributed by atoms with Crippen molar-refractivity contribution in [2.24, 2.45) is 5.92 Å². The Morgan fingerprint density at radius 3 is 2.70 bits per heavy atom. The SMILES string of the molecule is CCCC1CCC(NC(=O)c2cnc(C)cc2N)CC1. The molecule has 0 bridgehead atoms. The van der Waals surface area contributed by atoms with E-state index in [1.54, 1.807) is 12.3 Å². The zero-order valence-corrected chi connectivity index (χ0v) is 12.5. The number of anilines is 1. The lowest BCUT2D eigenvalue weighted by Gasteiger charge is -2.29. The molecule has 1 fully saturated rings. The number of hydrogen-bond acceptors (Lipinski definition) is 3. The second-order valence-corrected chi connectivity index (χ2v) is 5.89. The molecule has 1 aromatic rings. The third kappa shape index (κ3) is 3.71. The molecule has 0 aliphatic heterocycles. The Balaban J connectivity index is 1.89. The van der Waals surface area contributed by atoms with Crippen LogP contribution in [0.1, 0.15) is 61.5 Å². The largest absolute Gasteiger partial charge is 0.398 e. The topological polar surface area (TPSA) is 68.0 Å². The van der Waals surface area contributed by atoms with Crippen LogP contribution in [-0.2, 0) is 0 Å². The lowest BCUT2D eigenvalue weighted by atomic mass is 9.83. The van der Waals surface area contributed by atoms with Crippen molar-refractivity contribution in [2.45, 2.75) is 58.4 Å². The Hall–Kier alpha value is -1.58. The molecule has 4 heteroatoms. The molecule has 20 heavy (non-hydrogen) atoms. The van der Waals surface area contributed by atoms with Gasteiger partial charge < -0.3 is 11.1 Å². The van der Waals surface area contributed by atoms with Crippen LogP contribution in [0.25, 0.3) is 0 Å². The zero-order chi connectivity index (χ0) is 14.5. The van der Waals surface area contributed by atoms with Crippen LogP contribution in [0, 0.1) is 12.8 Å². The first-order chi connectivity index (χ1) is 9.60. The molecule has 0 saturated heterocycles. The Bertz CT molecular complexity index is 465. The minimum Gasteiger partial charge on any atom is -0.398 e. The van der Waals surface area contributed by atoms with Crippen molar-refractivity contribution in [2.75, 3.05) is 5.73 Å². The fourth-order valence-electron chi connectivity index (χ4n) is 3.04. The van der Waals surface area contributed by atoms with Gasteiger partial charge in [0, 0.05) is 23.6 Å². The second kappa shape index (κ2) is 6.73. The highest BCUT2D eigenvalue weighted by Gasteiger charge is 2.22. The lowest BCUT2D eigenvalue weighted by Crippen LogP contribution is -2.38. The van der Waals surface area contributed by atoms with Crippen molar-refractivity contribution in [1.29, 1.82) is 0 Å².